The van der Waals surface area contributed by atoms with Crippen molar-refractivity contribution < 1.29 is 9.18 Å². The second-order valence-corrected chi connectivity index (χ2v) is 6.28. The van der Waals surface area contributed by atoms with Crippen LogP contribution < -0.4 is 0 Å². The van der Waals surface area contributed by atoms with Gasteiger partial charge >= 0.3 is 0 Å². The molecule has 120 valence electrons. The second kappa shape index (κ2) is 6.95. The summed E-state index contributed by atoms with van der Waals surface area (Å²) in [5, 5.41) is 0. The average Bonchev–Trinajstić information content (AvgIpc) is 2.57. The topological polar surface area (TPSA) is 20.3 Å². The molecule has 23 heavy (non-hydrogen) atoms. The second-order valence-electron chi connectivity index (χ2n) is 6.28. The molecule has 1 fully saturated rings. The van der Waals surface area contributed by atoms with Crippen molar-refractivity contribution in [1.82, 2.24) is 4.90 Å². The number of hydrogen-bond donors (Lipinski definition) is 0. The summed E-state index contributed by atoms with van der Waals surface area (Å²) in [4.78, 5) is 14.8. The molecular weight excluding hydrogens is 289 g/mol. The number of hydrogen-bond acceptors (Lipinski definition) is 1. The quantitative estimate of drug-likeness (QED) is 0.816. The van der Waals surface area contributed by atoms with Crippen molar-refractivity contribution in [3.8, 4) is 0 Å². The first kappa shape index (κ1) is 15.7. The first-order valence-corrected chi connectivity index (χ1v) is 8.26. The molecule has 2 aromatic carbocycles. The Kier molecular flexibility index (Phi) is 4.75. The third-order valence-corrected chi connectivity index (χ3v) is 4.68. The Morgan fingerprint density at radius 2 is 1.78 bits per heavy atom. The van der Waals surface area contributed by atoms with Gasteiger partial charge < -0.3 is 4.90 Å². The molecular formula is C20H22FNO. The molecule has 1 heterocycles. The molecule has 2 aromatic rings. The summed E-state index contributed by atoms with van der Waals surface area (Å²) >= 11 is 0. The highest BCUT2D eigenvalue weighted by atomic mass is 19.1. The standard InChI is InChI=1S/C20H22FNO/c1-15-8-7-13-19(16-9-3-2-4-10-16)22(15)20(23)14-17-11-5-6-12-18(17)21/h2-6,9-12,15,19H,7-8,13-14H2,1H3/t15-,19+/m0/s1. The maximum absolute atomic E-state index is 13.9. The van der Waals surface area contributed by atoms with E-state index < -0.39 is 0 Å². The highest BCUT2D eigenvalue weighted by molar-refractivity contribution is 5.79. The summed E-state index contributed by atoms with van der Waals surface area (Å²) in [5.41, 5.74) is 1.64. The number of carbonyl (C=O) groups excluding carboxylic acids is 1. The number of benzene rings is 2. The van der Waals surface area contributed by atoms with Crippen molar-refractivity contribution in [3.63, 3.8) is 0 Å². The zero-order valence-corrected chi connectivity index (χ0v) is 13.4. The van der Waals surface area contributed by atoms with E-state index in [1.54, 1.807) is 18.2 Å². The number of likely N-dealkylation sites (tertiary alicyclic amines) is 1. The predicted molar refractivity (Wildman–Crippen MR) is 89.4 cm³/mol. The number of amides is 1. The number of piperidine rings is 1. The molecule has 0 saturated carbocycles. The molecule has 0 aromatic heterocycles. The van der Waals surface area contributed by atoms with Crippen molar-refractivity contribution >= 4 is 5.91 Å². The van der Waals surface area contributed by atoms with Gasteiger partial charge in [0.1, 0.15) is 5.82 Å². The third-order valence-electron chi connectivity index (χ3n) is 4.68. The number of nitrogens with zero attached hydrogens (tertiary/aromatic N) is 1. The molecule has 0 bridgehead atoms. The fourth-order valence-electron chi connectivity index (χ4n) is 3.51. The minimum absolute atomic E-state index is 0.0103. The maximum atomic E-state index is 13.9. The number of halogens is 1. The zero-order valence-electron chi connectivity index (χ0n) is 13.4. The van der Waals surface area contributed by atoms with E-state index in [2.05, 4.69) is 19.1 Å². The number of carbonyl (C=O) groups is 1. The lowest BCUT2D eigenvalue weighted by molar-refractivity contribution is -0.137. The van der Waals surface area contributed by atoms with Crippen molar-refractivity contribution in [1.29, 1.82) is 0 Å². The summed E-state index contributed by atoms with van der Waals surface area (Å²) < 4.78 is 13.9. The lowest BCUT2D eigenvalue weighted by atomic mass is 9.90. The third kappa shape index (κ3) is 3.44. The predicted octanol–water partition coefficient (Wildman–Crippen LogP) is 4.51. The molecule has 1 aliphatic rings. The van der Waals surface area contributed by atoms with Gasteiger partial charge in [0.15, 0.2) is 0 Å². The maximum Gasteiger partial charge on any atom is 0.227 e. The normalized spacial score (nSPS) is 21.2. The van der Waals surface area contributed by atoms with Crippen LogP contribution in [0.5, 0.6) is 0 Å². The van der Waals surface area contributed by atoms with Crippen LogP contribution in [-0.4, -0.2) is 16.8 Å². The van der Waals surface area contributed by atoms with Gasteiger partial charge in [0.25, 0.3) is 0 Å². The Labute approximate surface area is 136 Å². The monoisotopic (exact) mass is 311 g/mol. The molecule has 2 nitrogen and oxygen atoms in total. The summed E-state index contributed by atoms with van der Waals surface area (Å²) in [6.07, 6.45) is 3.22. The Morgan fingerprint density at radius 3 is 2.52 bits per heavy atom. The van der Waals surface area contributed by atoms with Gasteiger partial charge in [0, 0.05) is 6.04 Å². The van der Waals surface area contributed by atoms with E-state index in [0.717, 1.165) is 19.3 Å². The summed E-state index contributed by atoms with van der Waals surface area (Å²) in [5.74, 6) is -0.294. The van der Waals surface area contributed by atoms with Crippen LogP contribution in [0.3, 0.4) is 0 Å². The molecule has 2 atom stereocenters. The average molecular weight is 311 g/mol. The van der Waals surface area contributed by atoms with Crippen LogP contribution >= 0.6 is 0 Å². The summed E-state index contributed by atoms with van der Waals surface area (Å²) in [6, 6.07) is 17.0. The molecule has 3 rings (SSSR count). The van der Waals surface area contributed by atoms with Crippen molar-refractivity contribution in [2.75, 3.05) is 0 Å². The van der Waals surface area contributed by atoms with Gasteiger partial charge in [-0.3, -0.25) is 4.79 Å². The lowest BCUT2D eigenvalue weighted by Crippen LogP contribution is -2.45. The van der Waals surface area contributed by atoms with Crippen LogP contribution in [-0.2, 0) is 11.2 Å². The molecule has 3 heteroatoms. The summed E-state index contributed by atoms with van der Waals surface area (Å²) in [6.45, 7) is 2.09. The first-order valence-electron chi connectivity index (χ1n) is 8.26. The van der Waals surface area contributed by atoms with Crippen LogP contribution in [0.4, 0.5) is 4.39 Å². The molecule has 0 aliphatic carbocycles. The van der Waals surface area contributed by atoms with E-state index in [4.69, 9.17) is 0 Å². The summed E-state index contributed by atoms with van der Waals surface area (Å²) in [7, 11) is 0. The molecule has 0 spiro atoms. The van der Waals surface area contributed by atoms with E-state index in [1.165, 1.54) is 11.6 Å². The first-order chi connectivity index (χ1) is 11.2. The van der Waals surface area contributed by atoms with E-state index in [9.17, 15) is 9.18 Å². The van der Waals surface area contributed by atoms with Gasteiger partial charge in [-0.05, 0) is 43.4 Å². The SMILES string of the molecule is C[C@H]1CCC[C@H](c2ccccc2)N1C(=O)Cc1ccccc1F. The van der Waals surface area contributed by atoms with Crippen molar-refractivity contribution in [2.24, 2.45) is 0 Å². The van der Waals surface area contributed by atoms with Gasteiger partial charge in [0.05, 0.1) is 12.5 Å². The van der Waals surface area contributed by atoms with E-state index in [-0.39, 0.29) is 30.2 Å². The van der Waals surface area contributed by atoms with Crippen LogP contribution in [0.25, 0.3) is 0 Å². The van der Waals surface area contributed by atoms with Crippen molar-refractivity contribution in [2.45, 2.75) is 44.7 Å². The van der Waals surface area contributed by atoms with E-state index in [1.807, 2.05) is 23.1 Å². The minimum atomic E-state index is -0.304. The van der Waals surface area contributed by atoms with Gasteiger partial charge in [-0.2, -0.15) is 0 Å². The molecule has 1 amide bonds. The molecule has 1 saturated heterocycles. The van der Waals surface area contributed by atoms with Crippen molar-refractivity contribution in [3.05, 3.63) is 71.5 Å². The molecule has 0 unspecified atom stereocenters. The zero-order chi connectivity index (χ0) is 16.2. The molecule has 1 aliphatic heterocycles. The van der Waals surface area contributed by atoms with Crippen LogP contribution in [0.2, 0.25) is 0 Å². The fraction of sp³-hybridized carbons (Fsp3) is 0.350. The number of rotatable bonds is 3. The van der Waals surface area contributed by atoms with E-state index in [0.29, 0.717) is 5.56 Å². The van der Waals surface area contributed by atoms with Crippen LogP contribution in [0.1, 0.15) is 43.4 Å². The molecule has 0 radical (unpaired) electrons. The van der Waals surface area contributed by atoms with Gasteiger partial charge in [0.2, 0.25) is 5.91 Å². The fourth-order valence-corrected chi connectivity index (χ4v) is 3.51. The highest BCUT2D eigenvalue weighted by Crippen LogP contribution is 2.34. The Bertz CT molecular complexity index is 670. The minimum Gasteiger partial charge on any atom is -0.333 e. The van der Waals surface area contributed by atoms with Gasteiger partial charge in [-0.1, -0.05) is 48.5 Å². The smallest absolute Gasteiger partial charge is 0.227 e. The Hall–Kier alpha value is -2.16. The Morgan fingerprint density at radius 1 is 1.09 bits per heavy atom. The van der Waals surface area contributed by atoms with E-state index >= 15 is 0 Å². The highest BCUT2D eigenvalue weighted by Gasteiger charge is 2.32. The molecule has 0 N–H and O–H groups in total. The van der Waals surface area contributed by atoms with Crippen LogP contribution in [0.15, 0.2) is 54.6 Å². The van der Waals surface area contributed by atoms with Gasteiger partial charge in [-0.25, -0.2) is 4.39 Å². The lowest BCUT2D eigenvalue weighted by Gasteiger charge is -2.41. The largest absolute Gasteiger partial charge is 0.333 e. The van der Waals surface area contributed by atoms with Gasteiger partial charge in [-0.15, -0.1) is 0 Å². The van der Waals surface area contributed by atoms with Crippen LogP contribution in [0, 0.1) is 5.82 Å². The Balaban J connectivity index is 1.84.